The number of H-pyrrole nitrogens is 1. The third kappa shape index (κ3) is 3.31. The summed E-state index contributed by atoms with van der Waals surface area (Å²) < 4.78 is 5.64. The van der Waals surface area contributed by atoms with Gasteiger partial charge in [-0.05, 0) is 48.6 Å². The Balaban J connectivity index is 1.73. The third-order valence-corrected chi connectivity index (χ3v) is 4.93. The van der Waals surface area contributed by atoms with E-state index in [-0.39, 0.29) is 18.6 Å². The van der Waals surface area contributed by atoms with E-state index in [9.17, 15) is 9.90 Å². The molecule has 6 nitrogen and oxygen atoms in total. The molecule has 0 saturated carbocycles. The van der Waals surface area contributed by atoms with Crippen LogP contribution in [-0.4, -0.2) is 27.0 Å². The second-order valence-corrected chi connectivity index (χ2v) is 6.68. The number of nitrogens with zero attached hydrogens (tertiary/aromatic N) is 1. The molecular weight excluding hydrogens is 342 g/mol. The molecule has 1 atom stereocenters. The van der Waals surface area contributed by atoms with Crippen LogP contribution in [0.2, 0.25) is 0 Å². The van der Waals surface area contributed by atoms with Crippen molar-refractivity contribution in [3.8, 4) is 11.3 Å². The SMILES string of the molecule is C=CC(=O)NC1CCC=C(c2ccnc3[nH]cc(-c4cc(CO)co4)c23)C1. The van der Waals surface area contributed by atoms with Crippen LogP contribution in [0.4, 0.5) is 0 Å². The van der Waals surface area contributed by atoms with E-state index in [1.54, 1.807) is 12.5 Å². The lowest BCUT2D eigenvalue weighted by Crippen LogP contribution is -2.34. The van der Waals surface area contributed by atoms with E-state index in [0.717, 1.165) is 47.0 Å². The summed E-state index contributed by atoms with van der Waals surface area (Å²) in [5.41, 5.74) is 4.68. The third-order valence-electron chi connectivity index (χ3n) is 4.93. The number of carbonyl (C=O) groups excluding carboxylic acids is 1. The minimum Gasteiger partial charge on any atom is -0.464 e. The molecule has 0 saturated heterocycles. The fraction of sp³-hybridized carbons (Fsp3) is 0.238. The molecule has 138 valence electrons. The predicted molar refractivity (Wildman–Crippen MR) is 104 cm³/mol. The van der Waals surface area contributed by atoms with E-state index in [4.69, 9.17) is 4.42 Å². The standard InChI is InChI=1S/C21H21N3O3/c1-2-19(26)24-15-5-3-4-14(9-15)16-6-7-22-21-20(16)17(10-23-21)18-8-13(11-25)12-27-18/h2,4,6-8,10,12,15,25H,1,3,5,9,11H2,(H,22,23)(H,24,26). The van der Waals surface area contributed by atoms with Gasteiger partial charge in [-0.2, -0.15) is 0 Å². The Hall–Kier alpha value is -3.12. The lowest BCUT2D eigenvalue weighted by Gasteiger charge is -2.24. The Morgan fingerprint density at radius 3 is 3.15 bits per heavy atom. The molecule has 1 aliphatic carbocycles. The van der Waals surface area contributed by atoms with Crippen molar-refractivity contribution in [2.45, 2.75) is 31.9 Å². The Kier molecular flexibility index (Phi) is 4.64. The van der Waals surface area contributed by atoms with E-state index < -0.39 is 0 Å². The Bertz CT molecular complexity index is 1030. The van der Waals surface area contributed by atoms with E-state index in [1.165, 1.54) is 11.6 Å². The van der Waals surface area contributed by atoms with Crippen LogP contribution in [-0.2, 0) is 11.4 Å². The van der Waals surface area contributed by atoms with E-state index >= 15 is 0 Å². The molecule has 0 bridgehead atoms. The van der Waals surface area contributed by atoms with Crippen LogP contribution >= 0.6 is 0 Å². The van der Waals surface area contributed by atoms with Crippen LogP contribution < -0.4 is 5.32 Å². The Morgan fingerprint density at radius 1 is 1.48 bits per heavy atom. The lowest BCUT2D eigenvalue weighted by molar-refractivity contribution is -0.117. The van der Waals surface area contributed by atoms with Crippen molar-refractivity contribution in [3.63, 3.8) is 0 Å². The number of furan rings is 1. The number of pyridine rings is 1. The quantitative estimate of drug-likeness (QED) is 0.605. The monoisotopic (exact) mass is 363 g/mol. The summed E-state index contributed by atoms with van der Waals surface area (Å²) in [5.74, 6) is 0.544. The van der Waals surface area contributed by atoms with E-state index in [0.29, 0.717) is 5.76 Å². The van der Waals surface area contributed by atoms with Crippen molar-refractivity contribution < 1.29 is 14.3 Å². The summed E-state index contributed by atoms with van der Waals surface area (Å²) in [6.07, 6.45) is 11.3. The number of allylic oxidation sites excluding steroid dienone is 1. The molecule has 0 fully saturated rings. The molecule has 0 aliphatic heterocycles. The van der Waals surface area contributed by atoms with Crippen LogP contribution in [0.1, 0.15) is 30.4 Å². The van der Waals surface area contributed by atoms with Crippen molar-refractivity contribution in [2.75, 3.05) is 0 Å². The molecule has 1 unspecified atom stereocenters. The number of aromatic nitrogens is 2. The summed E-state index contributed by atoms with van der Waals surface area (Å²) in [6, 6.07) is 3.92. The number of fused-ring (bicyclic) bond motifs is 1. The summed E-state index contributed by atoms with van der Waals surface area (Å²) in [5, 5.41) is 13.3. The fourth-order valence-corrected chi connectivity index (χ4v) is 3.63. The maximum atomic E-state index is 11.7. The maximum absolute atomic E-state index is 11.7. The Labute approximate surface area is 156 Å². The first-order valence-electron chi connectivity index (χ1n) is 8.96. The number of aliphatic hydroxyl groups is 1. The predicted octanol–water partition coefficient (Wildman–Crippen LogP) is 3.55. The van der Waals surface area contributed by atoms with Gasteiger partial charge in [0.05, 0.1) is 12.9 Å². The van der Waals surface area contributed by atoms with E-state index in [1.807, 2.05) is 18.3 Å². The molecule has 3 aromatic rings. The van der Waals surface area contributed by atoms with Gasteiger partial charge >= 0.3 is 0 Å². The summed E-state index contributed by atoms with van der Waals surface area (Å²) in [4.78, 5) is 19.3. The molecule has 3 heterocycles. The highest BCUT2D eigenvalue weighted by atomic mass is 16.3. The van der Waals surface area contributed by atoms with Crippen LogP contribution in [0.15, 0.2) is 53.9 Å². The number of nitrogens with one attached hydrogen (secondary N) is 2. The van der Waals surface area contributed by atoms with Gasteiger partial charge in [0.2, 0.25) is 5.91 Å². The zero-order valence-corrected chi connectivity index (χ0v) is 14.9. The van der Waals surface area contributed by atoms with Gasteiger partial charge in [-0.1, -0.05) is 12.7 Å². The zero-order valence-electron chi connectivity index (χ0n) is 14.9. The molecule has 1 aliphatic rings. The van der Waals surface area contributed by atoms with Gasteiger partial charge in [0, 0.05) is 34.9 Å². The summed E-state index contributed by atoms with van der Waals surface area (Å²) in [7, 11) is 0. The molecule has 4 rings (SSSR count). The number of aliphatic hydroxyl groups excluding tert-OH is 1. The smallest absolute Gasteiger partial charge is 0.243 e. The average molecular weight is 363 g/mol. The number of aromatic amines is 1. The van der Waals surface area contributed by atoms with Gasteiger partial charge in [0.1, 0.15) is 11.4 Å². The molecule has 6 heteroatoms. The molecule has 1 amide bonds. The topological polar surface area (TPSA) is 91.2 Å². The first kappa shape index (κ1) is 17.3. The van der Waals surface area contributed by atoms with E-state index in [2.05, 4.69) is 27.9 Å². The molecule has 3 aromatic heterocycles. The number of rotatable bonds is 5. The number of amides is 1. The lowest BCUT2D eigenvalue weighted by atomic mass is 9.88. The first-order chi connectivity index (χ1) is 13.2. The average Bonchev–Trinajstić information content (AvgIpc) is 3.34. The molecule has 3 N–H and O–H groups in total. The van der Waals surface area contributed by atoms with Crippen LogP contribution in [0.5, 0.6) is 0 Å². The normalized spacial score (nSPS) is 16.9. The second-order valence-electron chi connectivity index (χ2n) is 6.68. The minimum atomic E-state index is -0.143. The number of carbonyl (C=O) groups is 1. The van der Waals surface area contributed by atoms with Gasteiger partial charge in [0.25, 0.3) is 0 Å². The highest BCUT2D eigenvalue weighted by Crippen LogP contribution is 2.37. The van der Waals surface area contributed by atoms with Crippen molar-refractivity contribution in [1.29, 1.82) is 0 Å². The van der Waals surface area contributed by atoms with Crippen LogP contribution in [0.25, 0.3) is 27.9 Å². The first-order valence-corrected chi connectivity index (χ1v) is 8.96. The van der Waals surface area contributed by atoms with Crippen molar-refractivity contribution in [1.82, 2.24) is 15.3 Å². The van der Waals surface area contributed by atoms with Gasteiger partial charge < -0.3 is 19.8 Å². The zero-order chi connectivity index (χ0) is 18.8. The Morgan fingerprint density at radius 2 is 2.37 bits per heavy atom. The van der Waals surface area contributed by atoms with Gasteiger partial charge in [-0.3, -0.25) is 4.79 Å². The number of hydrogen-bond donors (Lipinski definition) is 3. The fourth-order valence-electron chi connectivity index (χ4n) is 3.63. The van der Waals surface area contributed by atoms with Gasteiger partial charge in [-0.15, -0.1) is 0 Å². The van der Waals surface area contributed by atoms with Crippen molar-refractivity contribution >= 4 is 22.5 Å². The van der Waals surface area contributed by atoms with Gasteiger partial charge in [0.15, 0.2) is 0 Å². The summed E-state index contributed by atoms with van der Waals surface area (Å²) in [6.45, 7) is 3.46. The molecular formula is C21H21N3O3. The highest BCUT2D eigenvalue weighted by Gasteiger charge is 2.21. The molecule has 0 radical (unpaired) electrons. The molecule has 27 heavy (non-hydrogen) atoms. The minimum absolute atomic E-state index is 0.0627. The maximum Gasteiger partial charge on any atom is 0.243 e. The highest BCUT2D eigenvalue weighted by molar-refractivity contribution is 6.00. The largest absolute Gasteiger partial charge is 0.464 e. The molecule has 0 spiro atoms. The number of hydrogen-bond acceptors (Lipinski definition) is 4. The molecule has 0 aromatic carbocycles. The van der Waals surface area contributed by atoms with Crippen molar-refractivity contribution in [3.05, 3.63) is 60.6 Å². The summed E-state index contributed by atoms with van der Waals surface area (Å²) >= 11 is 0. The second kappa shape index (κ2) is 7.25. The van der Waals surface area contributed by atoms with Crippen LogP contribution in [0, 0.1) is 0 Å². The van der Waals surface area contributed by atoms with Gasteiger partial charge in [-0.25, -0.2) is 4.98 Å². The van der Waals surface area contributed by atoms with Crippen LogP contribution in [0.3, 0.4) is 0 Å². The van der Waals surface area contributed by atoms with Crippen molar-refractivity contribution in [2.24, 2.45) is 0 Å².